The first-order valence-electron chi connectivity index (χ1n) is 7.83. The maximum absolute atomic E-state index is 12.0. The van der Waals surface area contributed by atoms with Crippen LogP contribution in [-0.2, 0) is 11.3 Å². The predicted octanol–water partition coefficient (Wildman–Crippen LogP) is 4.97. The molecule has 0 aliphatic rings. The van der Waals surface area contributed by atoms with E-state index >= 15 is 0 Å². The third kappa shape index (κ3) is 3.96. The highest BCUT2D eigenvalue weighted by Crippen LogP contribution is 2.22. The van der Waals surface area contributed by atoms with E-state index in [0.717, 1.165) is 22.3 Å². The van der Waals surface area contributed by atoms with Gasteiger partial charge in [-0.2, -0.15) is 0 Å². The molecule has 0 aliphatic heterocycles. The van der Waals surface area contributed by atoms with E-state index in [2.05, 4.69) is 0 Å². The molecule has 0 saturated carbocycles. The zero-order chi connectivity index (χ0) is 17.2. The number of benzene rings is 2. The predicted molar refractivity (Wildman–Crippen MR) is 92.2 cm³/mol. The molecule has 24 heavy (non-hydrogen) atoms. The molecule has 4 nitrogen and oxygen atoms in total. The summed E-state index contributed by atoms with van der Waals surface area (Å²) in [6.45, 7) is 5.98. The molecule has 0 atom stereocenters. The van der Waals surface area contributed by atoms with E-state index in [1.165, 1.54) is 0 Å². The SMILES string of the molecule is CC(C)(C)OC(=O)c1ccc(COc2ccc3occc3c2)cc1. The van der Waals surface area contributed by atoms with Crippen LogP contribution >= 0.6 is 0 Å². The Labute approximate surface area is 141 Å². The second kappa shape index (κ2) is 6.40. The number of ether oxygens (including phenoxy) is 2. The van der Waals surface area contributed by atoms with Crippen LogP contribution in [0.5, 0.6) is 5.75 Å². The number of hydrogen-bond acceptors (Lipinski definition) is 4. The van der Waals surface area contributed by atoms with Crippen LogP contribution in [0, 0.1) is 0 Å². The van der Waals surface area contributed by atoms with Gasteiger partial charge in [-0.15, -0.1) is 0 Å². The van der Waals surface area contributed by atoms with E-state index in [-0.39, 0.29) is 5.97 Å². The summed E-state index contributed by atoms with van der Waals surface area (Å²) in [5, 5.41) is 1.01. The van der Waals surface area contributed by atoms with Crippen molar-refractivity contribution in [2.75, 3.05) is 0 Å². The normalized spacial score (nSPS) is 11.5. The first-order chi connectivity index (χ1) is 11.4. The number of hydrogen-bond donors (Lipinski definition) is 0. The van der Waals surface area contributed by atoms with Crippen molar-refractivity contribution in [3.8, 4) is 5.75 Å². The molecule has 0 radical (unpaired) electrons. The van der Waals surface area contributed by atoms with Crippen molar-refractivity contribution in [2.24, 2.45) is 0 Å². The molecule has 3 rings (SSSR count). The Kier molecular flexibility index (Phi) is 4.30. The highest BCUT2D eigenvalue weighted by Gasteiger charge is 2.17. The van der Waals surface area contributed by atoms with Crippen LogP contribution in [0.4, 0.5) is 0 Å². The van der Waals surface area contributed by atoms with Crippen molar-refractivity contribution in [3.05, 3.63) is 65.9 Å². The van der Waals surface area contributed by atoms with E-state index in [9.17, 15) is 4.79 Å². The summed E-state index contributed by atoms with van der Waals surface area (Å²) in [6.07, 6.45) is 1.66. The lowest BCUT2D eigenvalue weighted by molar-refractivity contribution is 0.00695. The fourth-order valence-corrected chi connectivity index (χ4v) is 2.28. The number of fused-ring (bicyclic) bond motifs is 1. The maximum atomic E-state index is 12.0. The first-order valence-corrected chi connectivity index (χ1v) is 7.83. The minimum absolute atomic E-state index is 0.319. The van der Waals surface area contributed by atoms with Gasteiger partial charge < -0.3 is 13.9 Å². The van der Waals surface area contributed by atoms with Gasteiger partial charge in [0.15, 0.2) is 0 Å². The Balaban J connectivity index is 1.62. The summed E-state index contributed by atoms with van der Waals surface area (Å²) < 4.78 is 16.4. The number of carbonyl (C=O) groups excluding carboxylic acids is 1. The lowest BCUT2D eigenvalue weighted by Crippen LogP contribution is -2.23. The third-order valence-electron chi connectivity index (χ3n) is 3.42. The second-order valence-corrected chi connectivity index (χ2v) is 6.61. The summed E-state index contributed by atoms with van der Waals surface area (Å²) in [6, 6.07) is 14.9. The van der Waals surface area contributed by atoms with Crippen molar-refractivity contribution >= 4 is 16.9 Å². The molecule has 1 aromatic heterocycles. The lowest BCUT2D eigenvalue weighted by atomic mass is 10.1. The summed E-state index contributed by atoms with van der Waals surface area (Å²) >= 11 is 0. The molecule has 2 aromatic carbocycles. The van der Waals surface area contributed by atoms with Gasteiger partial charge in [-0.1, -0.05) is 12.1 Å². The molecular weight excluding hydrogens is 304 g/mol. The smallest absolute Gasteiger partial charge is 0.338 e. The largest absolute Gasteiger partial charge is 0.489 e. The summed E-state index contributed by atoms with van der Waals surface area (Å²) in [7, 11) is 0. The first kappa shape index (κ1) is 16.1. The fourth-order valence-electron chi connectivity index (χ4n) is 2.28. The highest BCUT2D eigenvalue weighted by atomic mass is 16.6. The van der Waals surface area contributed by atoms with Crippen LogP contribution in [0.25, 0.3) is 11.0 Å². The van der Waals surface area contributed by atoms with Gasteiger partial charge >= 0.3 is 5.97 Å². The molecule has 0 unspecified atom stereocenters. The number of furan rings is 1. The maximum Gasteiger partial charge on any atom is 0.338 e. The molecule has 0 aliphatic carbocycles. The van der Waals surface area contributed by atoms with Gasteiger partial charge in [0.1, 0.15) is 23.5 Å². The molecular formula is C20H20O4. The van der Waals surface area contributed by atoms with Crippen molar-refractivity contribution in [3.63, 3.8) is 0 Å². The fraction of sp³-hybridized carbons (Fsp3) is 0.250. The van der Waals surface area contributed by atoms with Crippen molar-refractivity contribution in [2.45, 2.75) is 33.0 Å². The third-order valence-corrected chi connectivity index (χ3v) is 3.42. The standard InChI is InChI=1S/C20H20O4/c1-20(2,3)24-19(21)15-6-4-14(5-7-15)13-23-17-8-9-18-16(12-17)10-11-22-18/h4-12H,13H2,1-3H3. The van der Waals surface area contributed by atoms with E-state index in [1.807, 2.05) is 57.2 Å². The minimum atomic E-state index is -0.495. The summed E-state index contributed by atoms with van der Waals surface area (Å²) in [4.78, 5) is 12.0. The Morgan fingerprint density at radius 1 is 1.04 bits per heavy atom. The average molecular weight is 324 g/mol. The molecule has 0 N–H and O–H groups in total. The number of rotatable bonds is 4. The number of esters is 1. The van der Waals surface area contributed by atoms with Crippen LogP contribution in [0.3, 0.4) is 0 Å². The van der Waals surface area contributed by atoms with Gasteiger partial charge in [0.05, 0.1) is 11.8 Å². The molecule has 124 valence electrons. The van der Waals surface area contributed by atoms with E-state index < -0.39 is 5.60 Å². The molecule has 0 bridgehead atoms. The van der Waals surface area contributed by atoms with Crippen molar-refractivity contribution in [1.29, 1.82) is 0 Å². The summed E-state index contributed by atoms with van der Waals surface area (Å²) in [5.41, 5.74) is 1.86. The Bertz CT molecular complexity index is 838. The van der Waals surface area contributed by atoms with Crippen molar-refractivity contribution < 1.29 is 18.7 Å². The molecule has 0 spiro atoms. The Morgan fingerprint density at radius 3 is 2.50 bits per heavy atom. The van der Waals surface area contributed by atoms with Crippen LogP contribution in [0.2, 0.25) is 0 Å². The van der Waals surface area contributed by atoms with Gasteiger partial charge in [-0.3, -0.25) is 0 Å². The topological polar surface area (TPSA) is 48.7 Å². The van der Waals surface area contributed by atoms with Gasteiger partial charge in [0, 0.05) is 5.39 Å². The van der Waals surface area contributed by atoms with E-state index in [4.69, 9.17) is 13.9 Å². The lowest BCUT2D eigenvalue weighted by Gasteiger charge is -2.19. The zero-order valence-electron chi connectivity index (χ0n) is 14.0. The average Bonchev–Trinajstić information content (AvgIpc) is 2.99. The monoisotopic (exact) mass is 324 g/mol. The van der Waals surface area contributed by atoms with Gasteiger partial charge in [0.25, 0.3) is 0 Å². The van der Waals surface area contributed by atoms with E-state index in [1.54, 1.807) is 18.4 Å². The molecule has 0 fully saturated rings. The second-order valence-electron chi connectivity index (χ2n) is 6.61. The molecule has 0 amide bonds. The van der Waals surface area contributed by atoms with Gasteiger partial charge in [-0.05, 0) is 62.7 Å². The van der Waals surface area contributed by atoms with Crippen LogP contribution in [0.15, 0.2) is 59.2 Å². The van der Waals surface area contributed by atoms with Crippen LogP contribution in [0.1, 0.15) is 36.7 Å². The zero-order valence-corrected chi connectivity index (χ0v) is 14.0. The Morgan fingerprint density at radius 2 is 1.79 bits per heavy atom. The molecule has 4 heteroatoms. The summed E-state index contributed by atoms with van der Waals surface area (Å²) in [5.74, 6) is 0.459. The van der Waals surface area contributed by atoms with Crippen LogP contribution < -0.4 is 4.74 Å². The van der Waals surface area contributed by atoms with E-state index in [0.29, 0.717) is 12.2 Å². The molecule has 1 heterocycles. The molecule has 0 saturated heterocycles. The minimum Gasteiger partial charge on any atom is -0.489 e. The molecule has 3 aromatic rings. The van der Waals surface area contributed by atoms with Crippen LogP contribution in [-0.4, -0.2) is 11.6 Å². The quantitative estimate of drug-likeness (QED) is 0.636. The Hall–Kier alpha value is -2.75. The highest BCUT2D eigenvalue weighted by molar-refractivity contribution is 5.89. The van der Waals surface area contributed by atoms with Gasteiger partial charge in [0.2, 0.25) is 0 Å². The van der Waals surface area contributed by atoms with Gasteiger partial charge in [-0.25, -0.2) is 4.79 Å². The van der Waals surface area contributed by atoms with Crippen molar-refractivity contribution in [1.82, 2.24) is 0 Å². The number of carbonyl (C=O) groups is 1.